The third-order valence-electron chi connectivity index (χ3n) is 21.6. The summed E-state index contributed by atoms with van der Waals surface area (Å²) < 4.78 is 48.5. The minimum absolute atomic E-state index is 0.151. The molecule has 8 aliphatic rings. The first-order valence-corrected chi connectivity index (χ1v) is 28.3. The first kappa shape index (κ1) is 63.9. The van der Waals surface area contributed by atoms with Gasteiger partial charge in [0, 0.05) is 27.4 Å². The molecule has 0 aromatic carbocycles. The van der Waals surface area contributed by atoms with Crippen LogP contribution in [0.5, 0.6) is 0 Å². The molecular weight excluding hydrogens is 1070 g/mol. The van der Waals surface area contributed by atoms with Gasteiger partial charge in [0.05, 0.1) is 50.2 Å². The van der Waals surface area contributed by atoms with Gasteiger partial charge in [0.2, 0.25) is 5.79 Å². The van der Waals surface area contributed by atoms with Gasteiger partial charge in [-0.3, -0.25) is 0 Å². The van der Waals surface area contributed by atoms with Crippen molar-refractivity contribution in [1.29, 1.82) is 0 Å². The van der Waals surface area contributed by atoms with Crippen molar-refractivity contribution in [3.63, 3.8) is 0 Å². The number of aliphatic carboxylic acids is 1. The molecule has 7 fully saturated rings. The summed E-state index contributed by atoms with van der Waals surface area (Å²) in [5.41, 5.74) is -5.30. The van der Waals surface area contributed by atoms with Crippen molar-refractivity contribution >= 4 is 17.9 Å². The predicted octanol–water partition coefficient (Wildman–Crippen LogP) is -0.763. The van der Waals surface area contributed by atoms with E-state index in [1.165, 1.54) is 0 Å². The average molecular weight is 1160 g/mol. The van der Waals surface area contributed by atoms with Gasteiger partial charge in [0.15, 0.2) is 24.8 Å². The first-order valence-electron chi connectivity index (χ1n) is 28.3. The Balaban J connectivity index is 1.16. The van der Waals surface area contributed by atoms with Crippen LogP contribution in [-0.4, -0.2) is 227 Å². The molecule has 26 atom stereocenters. The number of allylic oxidation sites excluding steroid dienone is 3. The molecule has 0 radical (unpaired) electrons. The van der Waals surface area contributed by atoms with E-state index in [2.05, 4.69) is 19.9 Å². The molecule has 0 aromatic rings. The van der Waals surface area contributed by atoms with Gasteiger partial charge in [0.25, 0.3) is 0 Å². The highest BCUT2D eigenvalue weighted by molar-refractivity contribution is 5.89. The number of fused-ring (bicyclic) bond motifs is 7. The molecule has 3 saturated heterocycles. The van der Waals surface area contributed by atoms with Crippen LogP contribution < -0.4 is 0 Å². The fourth-order valence-corrected chi connectivity index (χ4v) is 16.3. The van der Waals surface area contributed by atoms with Gasteiger partial charge < -0.3 is 104 Å². The van der Waals surface area contributed by atoms with E-state index < -0.39 is 205 Å². The van der Waals surface area contributed by atoms with Crippen molar-refractivity contribution in [2.24, 2.45) is 50.2 Å². The standard InChI is InChI=1S/C57H88O24/c1-11-25(3)47(71)79-44-45(80-48(72)26(4)12-2)56(23-61)28(19-51(44,5)6)27-13-14-32-52(7)17-16-33(53(8,22-60)31(52)15-18-54(32,9)55(27,10)42(67)43(56)68)76-50-40(78-49-36(64)35(63)34(62)29(20-58)75-49)38(37(65)39(77-50)46(69)70)81-57(73)24-74-30(21-59)41(57)66/h11-13,28-45,49-50,58-68,73H,14-24H2,1-10H3,(H,69,70)/b25-11-,26-12-/t28?,29?,30-,31?,32?,33-,34+,35?,36?,37-,38?,39?,40?,41?,42-,43+,44-,45-,49-,50+,52-,53+,54+,55-,56-,57+/m0/s1. The maximum atomic E-state index is 13.9. The number of aliphatic hydroxyl groups excluding tert-OH is 11. The van der Waals surface area contributed by atoms with Crippen molar-refractivity contribution in [3.8, 4) is 0 Å². The molecule has 13 N–H and O–H groups in total. The molecule has 3 aliphatic heterocycles. The second-order valence-electron chi connectivity index (χ2n) is 25.9. The molecule has 24 nitrogen and oxygen atoms in total. The number of aliphatic hydroxyl groups is 12. The Bertz CT molecular complexity index is 2430. The van der Waals surface area contributed by atoms with E-state index in [1.54, 1.807) is 39.8 Å². The number of ether oxygens (including phenoxy) is 8. The van der Waals surface area contributed by atoms with Crippen LogP contribution in [0.1, 0.15) is 108 Å². The molecule has 460 valence electrons. The molecule has 0 aromatic heterocycles. The zero-order valence-electron chi connectivity index (χ0n) is 47.9. The van der Waals surface area contributed by atoms with Crippen LogP contribution in [0.4, 0.5) is 0 Å². The minimum Gasteiger partial charge on any atom is -0.479 e. The van der Waals surface area contributed by atoms with E-state index in [0.717, 1.165) is 5.57 Å². The lowest BCUT2D eigenvalue weighted by molar-refractivity contribution is -0.396. The molecule has 4 saturated carbocycles. The van der Waals surface area contributed by atoms with Crippen LogP contribution in [-0.2, 0) is 52.3 Å². The molecule has 8 rings (SSSR count). The normalized spacial score (nSPS) is 49.8. The van der Waals surface area contributed by atoms with Crippen LogP contribution in [0.25, 0.3) is 0 Å². The molecule has 0 amide bonds. The Labute approximate surface area is 471 Å². The highest BCUT2D eigenvalue weighted by Crippen LogP contribution is 2.76. The lowest BCUT2D eigenvalue weighted by Gasteiger charge is -2.73. The smallest absolute Gasteiger partial charge is 0.335 e. The number of hydrogen-bond donors (Lipinski definition) is 13. The third-order valence-corrected chi connectivity index (χ3v) is 21.6. The van der Waals surface area contributed by atoms with Crippen LogP contribution in [0.15, 0.2) is 34.9 Å². The Morgan fingerprint density at radius 3 is 1.86 bits per heavy atom. The van der Waals surface area contributed by atoms with Gasteiger partial charge >= 0.3 is 17.9 Å². The monoisotopic (exact) mass is 1160 g/mol. The fraction of sp³-hybridized carbons (Fsp3) is 0.842. The van der Waals surface area contributed by atoms with Crippen LogP contribution in [0, 0.1) is 50.2 Å². The molecule has 0 bridgehead atoms. The highest BCUT2D eigenvalue weighted by Gasteiger charge is 2.77. The molecule has 5 aliphatic carbocycles. The van der Waals surface area contributed by atoms with E-state index in [4.69, 9.17) is 37.9 Å². The molecule has 81 heavy (non-hydrogen) atoms. The number of carbonyl (C=O) groups excluding carboxylic acids is 2. The number of carboxylic acid groups (broad SMARTS) is 1. The number of esters is 2. The maximum absolute atomic E-state index is 13.9. The summed E-state index contributed by atoms with van der Waals surface area (Å²) in [6.07, 6.45) is -22.8. The van der Waals surface area contributed by atoms with Gasteiger partial charge in [-0.25, -0.2) is 14.4 Å². The molecule has 24 heteroatoms. The number of carbonyl (C=O) groups is 3. The van der Waals surface area contributed by atoms with E-state index in [9.17, 15) is 80.8 Å². The van der Waals surface area contributed by atoms with Crippen molar-refractivity contribution < 1.29 is 119 Å². The average Bonchev–Trinajstić information content (AvgIpc) is 1.09. The van der Waals surface area contributed by atoms with Crippen molar-refractivity contribution in [3.05, 3.63) is 34.9 Å². The Hall–Kier alpha value is -3.09. The van der Waals surface area contributed by atoms with Crippen molar-refractivity contribution in [2.75, 3.05) is 33.0 Å². The van der Waals surface area contributed by atoms with Crippen LogP contribution >= 0.6 is 0 Å². The lowest BCUT2D eigenvalue weighted by Crippen LogP contribution is -2.76. The Morgan fingerprint density at radius 1 is 0.691 bits per heavy atom. The summed E-state index contributed by atoms with van der Waals surface area (Å²) in [6, 6.07) is 0. The largest absolute Gasteiger partial charge is 0.479 e. The SMILES string of the molecule is C/C=C(/C)C(=O)O[C@H]1[C@H](OC(=O)/C(C)=C\C)[C@@]2(CO)C(CC1(C)C)C1=CCC3[C@@]4(C)CC[C@H](O[C@@H]5OC(C(=O)O)[C@@H](O)C(O[C@]6(O)CO[C@@H](CO)C6O)C5O[C@@H]5OC(CO)[C@@H](O)C(O)C5O)[C@](C)(CO)C4CC[C@@]3(C)[C@]1(C)[C@@H](O)[C@H]2O. The summed E-state index contributed by atoms with van der Waals surface area (Å²) in [6.45, 7) is 14.5. The van der Waals surface area contributed by atoms with Gasteiger partial charge in [-0.1, -0.05) is 65.3 Å². The van der Waals surface area contributed by atoms with Crippen LogP contribution in [0.3, 0.4) is 0 Å². The topological polar surface area (TPSA) is 388 Å². The van der Waals surface area contributed by atoms with Crippen molar-refractivity contribution in [1.82, 2.24) is 0 Å². The van der Waals surface area contributed by atoms with Gasteiger partial charge in [-0.15, -0.1) is 0 Å². The summed E-state index contributed by atoms with van der Waals surface area (Å²) in [4.78, 5) is 40.4. The van der Waals surface area contributed by atoms with E-state index in [1.807, 2.05) is 27.7 Å². The molecule has 0 spiro atoms. The summed E-state index contributed by atoms with van der Waals surface area (Å²) in [5, 5.41) is 147. The summed E-state index contributed by atoms with van der Waals surface area (Å²) >= 11 is 0. The summed E-state index contributed by atoms with van der Waals surface area (Å²) in [5.74, 6) is -7.26. The van der Waals surface area contributed by atoms with E-state index >= 15 is 0 Å². The molecule has 3 heterocycles. The Morgan fingerprint density at radius 2 is 1.31 bits per heavy atom. The van der Waals surface area contributed by atoms with Crippen molar-refractivity contribution in [2.45, 2.75) is 218 Å². The zero-order valence-corrected chi connectivity index (χ0v) is 47.9. The molecular formula is C57H88O24. The van der Waals surface area contributed by atoms with Crippen LogP contribution in [0.2, 0.25) is 0 Å². The first-order chi connectivity index (χ1) is 37.8. The number of carboxylic acids is 1. The van der Waals surface area contributed by atoms with E-state index in [0.29, 0.717) is 31.3 Å². The Kier molecular flexibility index (Phi) is 18.1. The number of rotatable bonds is 15. The predicted molar refractivity (Wildman–Crippen MR) is 278 cm³/mol. The second kappa shape index (κ2) is 23.0. The fourth-order valence-electron chi connectivity index (χ4n) is 16.3. The molecule has 10 unspecified atom stereocenters. The quantitative estimate of drug-likeness (QED) is 0.0315. The number of hydrogen-bond acceptors (Lipinski definition) is 23. The zero-order chi connectivity index (χ0) is 60.1. The highest BCUT2D eigenvalue weighted by atomic mass is 16.8. The van der Waals surface area contributed by atoms with Gasteiger partial charge in [-0.2, -0.15) is 0 Å². The third kappa shape index (κ3) is 9.89. The lowest BCUT2D eigenvalue weighted by atomic mass is 9.32. The maximum Gasteiger partial charge on any atom is 0.335 e. The van der Waals surface area contributed by atoms with Gasteiger partial charge in [0.1, 0.15) is 67.6 Å². The summed E-state index contributed by atoms with van der Waals surface area (Å²) in [7, 11) is 0. The second-order valence-corrected chi connectivity index (χ2v) is 25.9. The van der Waals surface area contributed by atoms with Gasteiger partial charge in [-0.05, 0) is 94.8 Å². The minimum atomic E-state index is -2.73. The van der Waals surface area contributed by atoms with E-state index in [-0.39, 0.29) is 24.3 Å².